The van der Waals surface area contributed by atoms with Gasteiger partial charge in [0.2, 0.25) is 0 Å². The third kappa shape index (κ3) is 0.962. The molecule has 2 rings (SSSR count). The van der Waals surface area contributed by atoms with Gasteiger partial charge in [-0.3, -0.25) is 0 Å². The molecule has 0 aromatic rings. The van der Waals surface area contributed by atoms with Gasteiger partial charge in [0.15, 0.2) is 0 Å². The first-order chi connectivity index (χ1) is 5.37. The van der Waals surface area contributed by atoms with Crippen molar-refractivity contribution < 1.29 is 4.74 Å². The summed E-state index contributed by atoms with van der Waals surface area (Å²) in [5.41, 5.74) is 0.396. The van der Waals surface area contributed by atoms with Crippen LogP contribution in [0.2, 0.25) is 0 Å². The summed E-state index contributed by atoms with van der Waals surface area (Å²) in [4.78, 5) is 0. The van der Waals surface area contributed by atoms with Crippen molar-refractivity contribution in [3.8, 4) is 12.3 Å². The molecule has 2 aliphatic rings. The first-order valence-corrected chi connectivity index (χ1v) is 4.15. The van der Waals surface area contributed by atoms with Crippen molar-refractivity contribution in [2.24, 2.45) is 5.41 Å². The minimum atomic E-state index is 0.311. The zero-order chi connectivity index (χ0) is 7.73. The first-order valence-electron chi connectivity index (χ1n) is 4.15. The topological polar surface area (TPSA) is 21.3 Å². The average molecular weight is 151 g/mol. The van der Waals surface area contributed by atoms with Crippen molar-refractivity contribution >= 4 is 0 Å². The summed E-state index contributed by atoms with van der Waals surface area (Å²) in [7, 11) is 0. The normalized spacial score (nSPS) is 34.3. The van der Waals surface area contributed by atoms with Gasteiger partial charge in [-0.2, -0.15) is 0 Å². The van der Waals surface area contributed by atoms with Gasteiger partial charge in [0.25, 0.3) is 0 Å². The van der Waals surface area contributed by atoms with Crippen LogP contribution in [0.4, 0.5) is 0 Å². The van der Waals surface area contributed by atoms with E-state index in [1.807, 2.05) is 0 Å². The quantitative estimate of drug-likeness (QED) is 0.506. The van der Waals surface area contributed by atoms with Gasteiger partial charge >= 0.3 is 0 Å². The number of hydrogen-bond acceptors (Lipinski definition) is 2. The Morgan fingerprint density at radius 1 is 1.45 bits per heavy atom. The lowest BCUT2D eigenvalue weighted by Gasteiger charge is -2.50. The molecule has 0 aliphatic carbocycles. The van der Waals surface area contributed by atoms with Gasteiger partial charge in [-0.15, -0.1) is 6.42 Å². The number of ether oxygens (including phenoxy) is 1. The molecule has 1 spiro atoms. The number of nitrogens with one attached hydrogen (secondary N) is 1. The van der Waals surface area contributed by atoms with E-state index < -0.39 is 0 Å². The molecule has 2 nitrogen and oxygen atoms in total. The van der Waals surface area contributed by atoms with E-state index in [0.717, 1.165) is 32.6 Å². The van der Waals surface area contributed by atoms with Crippen molar-refractivity contribution in [2.75, 3.05) is 19.8 Å². The lowest BCUT2D eigenvalue weighted by molar-refractivity contribution is -0.0306. The van der Waals surface area contributed by atoms with Crippen molar-refractivity contribution in [3.63, 3.8) is 0 Å². The number of rotatable bonds is 0. The molecule has 0 radical (unpaired) electrons. The van der Waals surface area contributed by atoms with Crippen LogP contribution in [0.5, 0.6) is 0 Å². The maximum Gasteiger partial charge on any atom is 0.0758 e. The summed E-state index contributed by atoms with van der Waals surface area (Å²) in [5, 5.41) is 3.26. The van der Waals surface area contributed by atoms with E-state index in [2.05, 4.69) is 11.2 Å². The summed E-state index contributed by atoms with van der Waals surface area (Å²) >= 11 is 0. The number of terminal acetylenes is 1. The Kier molecular flexibility index (Phi) is 1.63. The monoisotopic (exact) mass is 151 g/mol. The molecule has 2 heteroatoms. The Labute approximate surface area is 67.3 Å². The van der Waals surface area contributed by atoms with Crippen LogP contribution in [0.1, 0.15) is 12.8 Å². The molecule has 0 aromatic heterocycles. The summed E-state index contributed by atoms with van der Waals surface area (Å²) in [5.74, 6) is 2.80. The van der Waals surface area contributed by atoms with E-state index in [9.17, 15) is 0 Å². The van der Waals surface area contributed by atoms with Gasteiger partial charge in [-0.25, -0.2) is 0 Å². The third-order valence-electron chi connectivity index (χ3n) is 2.93. The molecule has 0 saturated carbocycles. The van der Waals surface area contributed by atoms with Crippen LogP contribution < -0.4 is 5.32 Å². The highest BCUT2D eigenvalue weighted by Crippen LogP contribution is 2.39. The van der Waals surface area contributed by atoms with Crippen molar-refractivity contribution in [1.29, 1.82) is 0 Å². The Balaban J connectivity index is 2.04. The standard InChI is InChI=1S/C9H13NO/c1-2-8-9(7-10-8)3-5-11-6-4-9/h1,8,10H,3-7H2. The zero-order valence-electron chi connectivity index (χ0n) is 6.60. The van der Waals surface area contributed by atoms with Gasteiger partial charge in [-0.1, -0.05) is 5.92 Å². The van der Waals surface area contributed by atoms with Gasteiger partial charge in [0.1, 0.15) is 0 Å². The molecule has 2 aliphatic heterocycles. The summed E-state index contributed by atoms with van der Waals surface area (Å²) < 4.78 is 5.30. The Bertz CT molecular complexity index is 188. The van der Waals surface area contributed by atoms with Crippen LogP contribution in [-0.2, 0) is 4.74 Å². The molecule has 0 amide bonds. The van der Waals surface area contributed by atoms with E-state index in [1.165, 1.54) is 0 Å². The Morgan fingerprint density at radius 3 is 2.64 bits per heavy atom. The highest BCUT2D eigenvalue weighted by molar-refractivity contribution is 5.16. The van der Waals surface area contributed by atoms with E-state index in [0.29, 0.717) is 11.5 Å². The molecule has 1 atom stereocenters. The molecule has 60 valence electrons. The summed E-state index contributed by atoms with van der Waals surface area (Å²) in [6, 6.07) is 0.311. The molecule has 11 heavy (non-hydrogen) atoms. The second kappa shape index (κ2) is 2.51. The number of hydrogen-bond donors (Lipinski definition) is 1. The lowest BCUT2D eigenvalue weighted by Crippen LogP contribution is -2.63. The van der Waals surface area contributed by atoms with Crippen molar-refractivity contribution in [3.05, 3.63) is 0 Å². The fourth-order valence-corrected chi connectivity index (χ4v) is 1.97. The highest BCUT2D eigenvalue weighted by atomic mass is 16.5. The molecule has 1 unspecified atom stereocenters. The minimum Gasteiger partial charge on any atom is -0.381 e. The summed E-state index contributed by atoms with van der Waals surface area (Å²) in [6.07, 6.45) is 7.65. The minimum absolute atomic E-state index is 0.311. The van der Waals surface area contributed by atoms with Gasteiger partial charge in [-0.05, 0) is 12.8 Å². The second-order valence-corrected chi connectivity index (χ2v) is 3.46. The van der Waals surface area contributed by atoms with E-state index in [-0.39, 0.29) is 0 Å². The predicted molar refractivity (Wildman–Crippen MR) is 43.1 cm³/mol. The van der Waals surface area contributed by atoms with Crippen LogP contribution in [0.25, 0.3) is 0 Å². The van der Waals surface area contributed by atoms with Crippen LogP contribution >= 0.6 is 0 Å². The van der Waals surface area contributed by atoms with Crippen molar-refractivity contribution in [2.45, 2.75) is 18.9 Å². The largest absolute Gasteiger partial charge is 0.381 e. The van der Waals surface area contributed by atoms with Crippen LogP contribution in [-0.4, -0.2) is 25.8 Å². The molecular weight excluding hydrogens is 138 g/mol. The maximum atomic E-state index is 5.39. The van der Waals surface area contributed by atoms with Gasteiger partial charge < -0.3 is 10.1 Å². The second-order valence-electron chi connectivity index (χ2n) is 3.46. The lowest BCUT2D eigenvalue weighted by atomic mass is 9.68. The first kappa shape index (κ1) is 7.15. The van der Waals surface area contributed by atoms with Crippen LogP contribution in [0, 0.1) is 17.8 Å². The third-order valence-corrected chi connectivity index (χ3v) is 2.93. The molecule has 1 N–H and O–H groups in total. The maximum absolute atomic E-state index is 5.39. The molecule has 0 bridgehead atoms. The molecule has 2 saturated heterocycles. The van der Waals surface area contributed by atoms with E-state index >= 15 is 0 Å². The fraction of sp³-hybridized carbons (Fsp3) is 0.778. The van der Waals surface area contributed by atoms with Crippen LogP contribution in [0.15, 0.2) is 0 Å². The van der Waals surface area contributed by atoms with E-state index in [1.54, 1.807) is 0 Å². The van der Waals surface area contributed by atoms with Crippen LogP contribution in [0.3, 0.4) is 0 Å². The average Bonchev–Trinajstić information content (AvgIpc) is 2.05. The molecular formula is C9H13NO. The summed E-state index contributed by atoms with van der Waals surface area (Å²) in [6.45, 7) is 2.87. The smallest absolute Gasteiger partial charge is 0.0758 e. The Morgan fingerprint density at radius 2 is 2.18 bits per heavy atom. The SMILES string of the molecule is C#CC1NCC12CCOCC2. The van der Waals surface area contributed by atoms with Gasteiger partial charge in [0, 0.05) is 25.2 Å². The van der Waals surface area contributed by atoms with Gasteiger partial charge in [0.05, 0.1) is 6.04 Å². The zero-order valence-corrected chi connectivity index (χ0v) is 6.60. The molecule has 2 fully saturated rings. The molecule has 2 heterocycles. The van der Waals surface area contributed by atoms with E-state index in [4.69, 9.17) is 11.2 Å². The molecule has 0 aromatic carbocycles. The van der Waals surface area contributed by atoms with Crippen molar-refractivity contribution in [1.82, 2.24) is 5.32 Å². The highest BCUT2D eigenvalue weighted by Gasteiger charge is 2.46. The predicted octanol–water partition coefficient (Wildman–Crippen LogP) is 0.388. The fourth-order valence-electron chi connectivity index (χ4n) is 1.97. The Hall–Kier alpha value is -0.520.